The van der Waals surface area contributed by atoms with Gasteiger partial charge in [-0.05, 0) is 43.7 Å². The smallest absolute Gasteiger partial charge is 0.252 e. The topological polar surface area (TPSA) is 85.5 Å². The number of aromatic amines is 1. The first-order valence-corrected chi connectivity index (χ1v) is 8.54. The van der Waals surface area contributed by atoms with Gasteiger partial charge in [-0.1, -0.05) is 6.07 Å². The number of H-pyrrole nitrogens is 1. The lowest BCUT2D eigenvalue weighted by Gasteiger charge is -2.15. The standard InChI is InChI=1S/C20H23N3O4/c1-11-6-7-14-15(8-11)23-19(22-14)12(2)21-20(24)13-9-16(25-3)18(27-5)17(10-13)26-4/h6-10,12H,1-5H3,(H,21,24)(H,22,23). The van der Waals surface area contributed by atoms with Crippen LogP contribution in [0.1, 0.15) is 34.7 Å². The van der Waals surface area contributed by atoms with E-state index in [0.717, 1.165) is 16.6 Å². The number of hydrogen-bond acceptors (Lipinski definition) is 5. The second-order valence-corrected chi connectivity index (χ2v) is 6.25. The van der Waals surface area contributed by atoms with Gasteiger partial charge in [-0.15, -0.1) is 0 Å². The Kier molecular flexibility index (Phi) is 5.21. The number of aromatic nitrogens is 2. The number of aryl methyl sites for hydroxylation is 1. The van der Waals surface area contributed by atoms with Crippen LogP contribution in [-0.2, 0) is 0 Å². The molecule has 142 valence electrons. The molecular formula is C20H23N3O4. The molecule has 0 saturated carbocycles. The van der Waals surface area contributed by atoms with Gasteiger partial charge in [-0.2, -0.15) is 0 Å². The molecule has 0 bridgehead atoms. The molecule has 0 spiro atoms. The Morgan fingerprint density at radius 2 is 1.74 bits per heavy atom. The van der Waals surface area contributed by atoms with Gasteiger partial charge < -0.3 is 24.5 Å². The number of rotatable bonds is 6. The van der Waals surface area contributed by atoms with Crippen LogP contribution in [-0.4, -0.2) is 37.2 Å². The quantitative estimate of drug-likeness (QED) is 0.696. The predicted octanol–water partition coefficient (Wildman–Crippen LogP) is 3.39. The molecule has 27 heavy (non-hydrogen) atoms. The summed E-state index contributed by atoms with van der Waals surface area (Å²) in [5.41, 5.74) is 3.36. The van der Waals surface area contributed by atoms with Gasteiger partial charge in [0, 0.05) is 5.56 Å². The highest BCUT2D eigenvalue weighted by Crippen LogP contribution is 2.38. The number of amides is 1. The van der Waals surface area contributed by atoms with Crippen LogP contribution in [0.3, 0.4) is 0 Å². The highest BCUT2D eigenvalue weighted by atomic mass is 16.5. The van der Waals surface area contributed by atoms with E-state index in [2.05, 4.69) is 15.3 Å². The first kappa shape index (κ1) is 18.6. The summed E-state index contributed by atoms with van der Waals surface area (Å²) >= 11 is 0. The lowest BCUT2D eigenvalue weighted by molar-refractivity contribution is 0.0937. The number of hydrogen-bond donors (Lipinski definition) is 2. The number of carbonyl (C=O) groups excluding carboxylic acids is 1. The zero-order valence-electron chi connectivity index (χ0n) is 16.0. The molecule has 0 radical (unpaired) electrons. The number of carbonyl (C=O) groups is 1. The Hall–Kier alpha value is -3.22. The Morgan fingerprint density at radius 1 is 1.07 bits per heavy atom. The van der Waals surface area contributed by atoms with Crippen LogP contribution < -0.4 is 19.5 Å². The van der Waals surface area contributed by atoms with Crippen molar-refractivity contribution >= 4 is 16.9 Å². The molecule has 1 heterocycles. The van der Waals surface area contributed by atoms with Crippen molar-refractivity contribution < 1.29 is 19.0 Å². The second kappa shape index (κ2) is 7.57. The molecule has 7 heteroatoms. The van der Waals surface area contributed by atoms with Gasteiger partial charge in [0.2, 0.25) is 5.75 Å². The third kappa shape index (κ3) is 3.67. The Morgan fingerprint density at radius 3 is 2.33 bits per heavy atom. The summed E-state index contributed by atoms with van der Waals surface area (Å²) in [4.78, 5) is 20.5. The van der Waals surface area contributed by atoms with Crippen molar-refractivity contribution in [1.29, 1.82) is 0 Å². The van der Waals surface area contributed by atoms with Crippen molar-refractivity contribution in [3.05, 3.63) is 47.3 Å². The van der Waals surface area contributed by atoms with Gasteiger partial charge >= 0.3 is 0 Å². The monoisotopic (exact) mass is 369 g/mol. The fourth-order valence-corrected chi connectivity index (χ4v) is 2.91. The number of ether oxygens (including phenoxy) is 3. The number of nitrogens with one attached hydrogen (secondary N) is 2. The van der Waals surface area contributed by atoms with Crippen molar-refractivity contribution in [2.75, 3.05) is 21.3 Å². The molecule has 3 aromatic rings. The van der Waals surface area contributed by atoms with Crippen LogP contribution in [0.5, 0.6) is 17.2 Å². The molecule has 0 saturated heterocycles. The Bertz CT molecular complexity index is 956. The highest BCUT2D eigenvalue weighted by molar-refractivity contribution is 5.96. The third-order valence-corrected chi connectivity index (χ3v) is 4.34. The van der Waals surface area contributed by atoms with E-state index in [1.54, 1.807) is 12.1 Å². The molecule has 3 rings (SSSR count). The molecule has 0 aliphatic rings. The summed E-state index contributed by atoms with van der Waals surface area (Å²) in [5.74, 6) is 1.72. The molecule has 0 aliphatic carbocycles. The maximum atomic E-state index is 12.7. The van der Waals surface area contributed by atoms with Gasteiger partial charge in [0.25, 0.3) is 5.91 Å². The van der Waals surface area contributed by atoms with E-state index in [1.165, 1.54) is 21.3 Å². The average Bonchev–Trinajstić information content (AvgIpc) is 3.09. The van der Waals surface area contributed by atoms with Crippen LogP contribution in [0.25, 0.3) is 11.0 Å². The summed E-state index contributed by atoms with van der Waals surface area (Å²) in [6.07, 6.45) is 0. The summed E-state index contributed by atoms with van der Waals surface area (Å²) in [7, 11) is 4.54. The minimum Gasteiger partial charge on any atom is -0.493 e. The van der Waals surface area contributed by atoms with Gasteiger partial charge in [0.15, 0.2) is 11.5 Å². The van der Waals surface area contributed by atoms with Crippen LogP contribution in [0, 0.1) is 6.92 Å². The van der Waals surface area contributed by atoms with E-state index in [1.807, 2.05) is 32.0 Å². The average molecular weight is 369 g/mol. The number of benzene rings is 2. The fourth-order valence-electron chi connectivity index (χ4n) is 2.91. The third-order valence-electron chi connectivity index (χ3n) is 4.34. The molecule has 1 aromatic heterocycles. The van der Waals surface area contributed by atoms with Gasteiger partial charge in [-0.3, -0.25) is 4.79 Å². The minimum absolute atomic E-state index is 0.265. The van der Waals surface area contributed by atoms with Crippen molar-refractivity contribution in [3.8, 4) is 17.2 Å². The molecular weight excluding hydrogens is 346 g/mol. The largest absolute Gasteiger partial charge is 0.493 e. The number of fused-ring (bicyclic) bond motifs is 1. The molecule has 7 nitrogen and oxygen atoms in total. The van der Waals surface area contributed by atoms with Gasteiger partial charge in [-0.25, -0.2) is 4.98 Å². The summed E-state index contributed by atoms with van der Waals surface area (Å²) in [6.45, 7) is 3.90. The predicted molar refractivity (Wildman–Crippen MR) is 103 cm³/mol. The Labute approximate surface area is 157 Å². The molecule has 1 amide bonds. The number of nitrogens with zero attached hydrogens (tertiary/aromatic N) is 1. The van der Waals surface area contributed by atoms with Crippen molar-refractivity contribution in [3.63, 3.8) is 0 Å². The molecule has 2 N–H and O–H groups in total. The number of imidazole rings is 1. The Balaban J connectivity index is 1.85. The van der Waals surface area contributed by atoms with E-state index in [4.69, 9.17) is 14.2 Å². The summed E-state index contributed by atoms with van der Waals surface area (Å²) < 4.78 is 15.9. The van der Waals surface area contributed by atoms with E-state index in [-0.39, 0.29) is 11.9 Å². The zero-order valence-corrected chi connectivity index (χ0v) is 16.0. The van der Waals surface area contributed by atoms with Crippen LogP contribution in [0.15, 0.2) is 30.3 Å². The lowest BCUT2D eigenvalue weighted by Crippen LogP contribution is -2.27. The highest BCUT2D eigenvalue weighted by Gasteiger charge is 2.19. The maximum absolute atomic E-state index is 12.7. The van der Waals surface area contributed by atoms with Crippen molar-refractivity contribution in [1.82, 2.24) is 15.3 Å². The number of methoxy groups -OCH3 is 3. The minimum atomic E-state index is -0.302. The SMILES string of the molecule is COc1cc(C(=O)NC(C)c2nc3ccc(C)cc3[nH]2)cc(OC)c1OC. The van der Waals surface area contributed by atoms with Crippen LogP contribution >= 0.6 is 0 Å². The van der Waals surface area contributed by atoms with Gasteiger partial charge in [0.1, 0.15) is 5.82 Å². The summed E-state index contributed by atoms with van der Waals surface area (Å²) in [5, 5.41) is 2.94. The fraction of sp³-hybridized carbons (Fsp3) is 0.300. The van der Waals surface area contributed by atoms with Crippen molar-refractivity contribution in [2.24, 2.45) is 0 Å². The van der Waals surface area contributed by atoms with E-state index >= 15 is 0 Å². The molecule has 0 aliphatic heterocycles. The first-order valence-electron chi connectivity index (χ1n) is 8.54. The zero-order chi connectivity index (χ0) is 19.6. The second-order valence-electron chi connectivity index (χ2n) is 6.25. The normalized spacial score (nSPS) is 11.9. The van der Waals surface area contributed by atoms with E-state index in [9.17, 15) is 4.79 Å². The maximum Gasteiger partial charge on any atom is 0.252 e. The molecule has 1 atom stereocenters. The molecule has 1 unspecified atom stereocenters. The van der Waals surface area contributed by atoms with E-state index < -0.39 is 0 Å². The lowest BCUT2D eigenvalue weighted by atomic mass is 10.1. The van der Waals surface area contributed by atoms with Crippen LogP contribution in [0.4, 0.5) is 0 Å². The van der Waals surface area contributed by atoms with Crippen molar-refractivity contribution in [2.45, 2.75) is 19.9 Å². The first-order chi connectivity index (χ1) is 13.0. The van der Waals surface area contributed by atoms with Gasteiger partial charge in [0.05, 0.1) is 38.4 Å². The van der Waals surface area contributed by atoms with Crippen LogP contribution in [0.2, 0.25) is 0 Å². The summed E-state index contributed by atoms with van der Waals surface area (Å²) in [6, 6.07) is 8.92. The van der Waals surface area contributed by atoms with E-state index in [0.29, 0.717) is 28.6 Å². The molecule has 0 fully saturated rings. The molecule has 2 aromatic carbocycles.